The number of hydrogen-bond donors (Lipinski definition) is 1. The van der Waals surface area contributed by atoms with E-state index in [1.807, 2.05) is 18.2 Å². The summed E-state index contributed by atoms with van der Waals surface area (Å²) in [5.74, 6) is 0.104. The second-order valence-electron chi connectivity index (χ2n) is 6.57. The van der Waals surface area contributed by atoms with Gasteiger partial charge in [0.05, 0.1) is 5.92 Å². The second kappa shape index (κ2) is 7.82. The molecule has 0 saturated carbocycles. The van der Waals surface area contributed by atoms with Gasteiger partial charge in [0.2, 0.25) is 11.8 Å². The van der Waals surface area contributed by atoms with Crippen molar-refractivity contribution in [2.75, 3.05) is 11.4 Å². The summed E-state index contributed by atoms with van der Waals surface area (Å²) in [6.07, 6.45) is 5.36. The third kappa shape index (κ3) is 3.89. The maximum absolute atomic E-state index is 12.6. The minimum Gasteiger partial charge on any atom is -0.352 e. The Balaban J connectivity index is 1.37. The number of hydrogen-bond acceptors (Lipinski definition) is 4. The Kier molecular flexibility index (Phi) is 5.08. The molecule has 1 aliphatic heterocycles. The summed E-state index contributed by atoms with van der Waals surface area (Å²) in [5, 5.41) is 7.68. The van der Waals surface area contributed by atoms with Crippen molar-refractivity contribution in [1.82, 2.24) is 20.1 Å². The van der Waals surface area contributed by atoms with Crippen LogP contribution in [0, 0.1) is 5.92 Å². The van der Waals surface area contributed by atoms with Crippen molar-refractivity contribution in [2.24, 2.45) is 5.92 Å². The minimum absolute atomic E-state index is 0.0626. The molecule has 2 aromatic heterocycles. The largest absolute Gasteiger partial charge is 0.352 e. The van der Waals surface area contributed by atoms with Crippen molar-refractivity contribution in [1.29, 1.82) is 0 Å². The van der Waals surface area contributed by atoms with Crippen LogP contribution in [0.5, 0.6) is 0 Å². The number of nitrogens with zero attached hydrogens (tertiary/aromatic N) is 4. The quantitative estimate of drug-likeness (QED) is 0.720. The van der Waals surface area contributed by atoms with Crippen LogP contribution >= 0.6 is 11.6 Å². The number of anilines is 1. The monoisotopic (exact) mass is 395 g/mol. The lowest BCUT2D eigenvalue weighted by Crippen LogP contribution is -2.32. The molecule has 1 aromatic carbocycles. The fraction of sp³-hybridized carbons (Fsp3) is 0.200. The standard InChI is InChI=1S/C20H18ClN5O2/c21-16-2-4-17(5-3-16)25-13-15(11-19(25)27)20(28)23-12-14-6-8-22-18(10-14)26-9-1-7-24-26/h1-10,15H,11-13H2,(H,23,28)/t15-/m0/s1. The summed E-state index contributed by atoms with van der Waals surface area (Å²) in [6, 6.07) is 12.6. The predicted molar refractivity (Wildman–Crippen MR) is 105 cm³/mol. The number of aromatic nitrogens is 3. The number of halogens is 1. The van der Waals surface area contributed by atoms with E-state index in [1.54, 1.807) is 52.4 Å². The Morgan fingerprint density at radius 2 is 2.04 bits per heavy atom. The minimum atomic E-state index is -0.379. The molecule has 28 heavy (non-hydrogen) atoms. The highest BCUT2D eigenvalue weighted by Gasteiger charge is 2.34. The van der Waals surface area contributed by atoms with E-state index in [-0.39, 0.29) is 24.2 Å². The van der Waals surface area contributed by atoms with Gasteiger partial charge in [-0.2, -0.15) is 5.10 Å². The lowest BCUT2D eigenvalue weighted by atomic mass is 10.1. The Morgan fingerprint density at radius 1 is 1.21 bits per heavy atom. The van der Waals surface area contributed by atoms with Crippen LogP contribution in [0.15, 0.2) is 61.1 Å². The highest BCUT2D eigenvalue weighted by atomic mass is 35.5. The third-order valence-electron chi connectivity index (χ3n) is 4.65. The van der Waals surface area contributed by atoms with Crippen LogP contribution in [0.3, 0.4) is 0 Å². The van der Waals surface area contributed by atoms with Gasteiger partial charge in [-0.25, -0.2) is 9.67 Å². The SMILES string of the molecule is O=C(NCc1ccnc(-n2cccn2)c1)[C@H]1CC(=O)N(c2ccc(Cl)cc2)C1. The summed E-state index contributed by atoms with van der Waals surface area (Å²) in [7, 11) is 0. The number of rotatable bonds is 5. The molecule has 2 amide bonds. The zero-order valence-corrected chi connectivity index (χ0v) is 15.7. The number of pyridine rings is 1. The smallest absolute Gasteiger partial charge is 0.227 e. The average Bonchev–Trinajstić information content (AvgIpc) is 3.37. The third-order valence-corrected chi connectivity index (χ3v) is 4.90. The molecule has 0 aliphatic carbocycles. The average molecular weight is 396 g/mol. The van der Waals surface area contributed by atoms with Crippen LogP contribution in [0.25, 0.3) is 5.82 Å². The summed E-state index contributed by atoms with van der Waals surface area (Å²) >= 11 is 5.90. The molecule has 142 valence electrons. The molecular weight excluding hydrogens is 378 g/mol. The molecule has 7 nitrogen and oxygen atoms in total. The topological polar surface area (TPSA) is 80.1 Å². The molecule has 3 aromatic rings. The molecule has 0 bridgehead atoms. The first-order chi connectivity index (χ1) is 13.6. The van der Waals surface area contributed by atoms with Crippen molar-refractivity contribution >= 4 is 29.1 Å². The van der Waals surface area contributed by atoms with E-state index in [4.69, 9.17) is 11.6 Å². The lowest BCUT2D eigenvalue weighted by molar-refractivity contribution is -0.126. The Morgan fingerprint density at radius 3 is 2.79 bits per heavy atom. The molecule has 0 spiro atoms. The highest BCUT2D eigenvalue weighted by Crippen LogP contribution is 2.26. The zero-order valence-electron chi connectivity index (χ0n) is 15.0. The highest BCUT2D eigenvalue weighted by molar-refractivity contribution is 6.30. The van der Waals surface area contributed by atoms with Crippen molar-refractivity contribution in [3.63, 3.8) is 0 Å². The molecule has 0 radical (unpaired) electrons. The molecule has 1 fully saturated rings. The summed E-state index contributed by atoms with van der Waals surface area (Å²) in [4.78, 5) is 30.8. The first-order valence-corrected chi connectivity index (χ1v) is 9.26. The number of carbonyl (C=O) groups excluding carboxylic acids is 2. The molecule has 1 saturated heterocycles. The number of amides is 2. The second-order valence-corrected chi connectivity index (χ2v) is 7.01. The van der Waals surface area contributed by atoms with E-state index in [0.29, 0.717) is 23.9 Å². The van der Waals surface area contributed by atoms with Gasteiger partial charge in [-0.1, -0.05) is 11.6 Å². The van der Waals surface area contributed by atoms with E-state index in [1.165, 1.54) is 0 Å². The summed E-state index contributed by atoms with van der Waals surface area (Å²) in [6.45, 7) is 0.725. The summed E-state index contributed by atoms with van der Waals surface area (Å²) < 4.78 is 1.66. The predicted octanol–water partition coefficient (Wildman–Crippen LogP) is 2.59. The van der Waals surface area contributed by atoms with E-state index < -0.39 is 0 Å². The van der Waals surface area contributed by atoms with Crippen molar-refractivity contribution in [3.8, 4) is 5.82 Å². The first-order valence-electron chi connectivity index (χ1n) is 8.89. The van der Waals surface area contributed by atoms with Gasteiger partial charge in [-0.15, -0.1) is 0 Å². The van der Waals surface area contributed by atoms with Crippen molar-refractivity contribution in [2.45, 2.75) is 13.0 Å². The molecule has 0 unspecified atom stereocenters. The van der Waals surface area contributed by atoms with E-state index in [0.717, 1.165) is 11.3 Å². The van der Waals surface area contributed by atoms with Crippen LogP contribution in [-0.4, -0.2) is 33.1 Å². The lowest BCUT2D eigenvalue weighted by Gasteiger charge is -2.16. The van der Waals surface area contributed by atoms with Gasteiger partial charge in [0, 0.05) is 48.8 Å². The number of benzene rings is 1. The molecule has 4 rings (SSSR count). The normalized spacial score (nSPS) is 16.4. The van der Waals surface area contributed by atoms with Crippen LogP contribution in [0.2, 0.25) is 5.02 Å². The Labute approximate surface area is 166 Å². The van der Waals surface area contributed by atoms with Crippen molar-refractivity contribution in [3.05, 3.63) is 71.6 Å². The molecule has 1 atom stereocenters. The van der Waals surface area contributed by atoms with E-state index in [9.17, 15) is 9.59 Å². The van der Waals surface area contributed by atoms with Crippen molar-refractivity contribution < 1.29 is 9.59 Å². The van der Waals surface area contributed by atoms with Gasteiger partial charge in [-0.05, 0) is 48.0 Å². The van der Waals surface area contributed by atoms with Gasteiger partial charge in [0.1, 0.15) is 0 Å². The van der Waals surface area contributed by atoms with Gasteiger partial charge < -0.3 is 10.2 Å². The van der Waals surface area contributed by atoms with E-state index >= 15 is 0 Å². The Hall–Kier alpha value is -3.19. The van der Waals surface area contributed by atoms with E-state index in [2.05, 4.69) is 15.4 Å². The number of nitrogens with one attached hydrogen (secondary N) is 1. The molecule has 8 heteroatoms. The number of carbonyl (C=O) groups is 2. The summed E-state index contributed by atoms with van der Waals surface area (Å²) in [5.41, 5.74) is 1.66. The fourth-order valence-electron chi connectivity index (χ4n) is 3.19. The maximum Gasteiger partial charge on any atom is 0.227 e. The Bertz CT molecular complexity index is 988. The van der Waals surface area contributed by atoms with Crippen LogP contribution in [0.1, 0.15) is 12.0 Å². The maximum atomic E-state index is 12.6. The molecule has 3 heterocycles. The molecular formula is C20H18ClN5O2. The zero-order chi connectivity index (χ0) is 19.5. The van der Waals surface area contributed by atoms with Crippen LogP contribution < -0.4 is 10.2 Å². The van der Waals surface area contributed by atoms with Gasteiger partial charge >= 0.3 is 0 Å². The fourth-order valence-corrected chi connectivity index (χ4v) is 3.31. The van der Waals surface area contributed by atoms with Gasteiger partial charge in [0.15, 0.2) is 5.82 Å². The molecule has 1 N–H and O–H groups in total. The van der Waals surface area contributed by atoms with Crippen LogP contribution in [-0.2, 0) is 16.1 Å². The first kappa shape index (κ1) is 18.2. The van der Waals surface area contributed by atoms with Gasteiger partial charge in [0.25, 0.3) is 0 Å². The molecule has 1 aliphatic rings. The van der Waals surface area contributed by atoms with Gasteiger partial charge in [-0.3, -0.25) is 9.59 Å². The van der Waals surface area contributed by atoms with Crippen LogP contribution in [0.4, 0.5) is 5.69 Å².